The van der Waals surface area contributed by atoms with Crippen molar-refractivity contribution in [3.63, 3.8) is 0 Å². The molecule has 3 rings (SSSR count). The van der Waals surface area contributed by atoms with Crippen molar-refractivity contribution in [2.24, 2.45) is 0 Å². The van der Waals surface area contributed by atoms with Crippen LogP contribution in [0.2, 0.25) is 0 Å². The predicted molar refractivity (Wildman–Crippen MR) is 96.6 cm³/mol. The topological polar surface area (TPSA) is 40.2 Å². The van der Waals surface area contributed by atoms with Gasteiger partial charge in [0.1, 0.15) is 6.04 Å². The van der Waals surface area contributed by atoms with E-state index in [1.165, 1.54) is 0 Å². The van der Waals surface area contributed by atoms with E-state index >= 15 is 0 Å². The summed E-state index contributed by atoms with van der Waals surface area (Å²) >= 11 is 0. The van der Waals surface area contributed by atoms with Gasteiger partial charge in [0.2, 0.25) is 5.75 Å². The van der Waals surface area contributed by atoms with Crippen molar-refractivity contribution in [1.29, 1.82) is 0 Å². The highest BCUT2D eigenvalue weighted by atomic mass is 16.7. The minimum absolute atomic E-state index is 0.106. The molecule has 2 aromatic rings. The lowest BCUT2D eigenvalue weighted by molar-refractivity contribution is -0.129. The molecule has 5 nitrogen and oxygen atoms in total. The Morgan fingerprint density at radius 2 is 1.52 bits per heavy atom. The zero-order valence-electron chi connectivity index (χ0n) is 15.6. The fourth-order valence-corrected chi connectivity index (χ4v) is 3.23. The third-order valence-corrected chi connectivity index (χ3v) is 4.34. The molecule has 0 spiro atoms. The maximum Gasteiger partial charge on any atom is 0.203 e. The molecule has 0 radical (unpaired) electrons. The molecule has 2 aromatic carbocycles. The van der Waals surface area contributed by atoms with Gasteiger partial charge in [-0.25, -0.2) is 0 Å². The molecule has 1 unspecified atom stereocenters. The lowest BCUT2D eigenvalue weighted by Crippen LogP contribution is -2.43. The van der Waals surface area contributed by atoms with E-state index in [4.69, 9.17) is 19.0 Å². The first-order chi connectivity index (χ1) is 11.9. The second kappa shape index (κ2) is 6.48. The maximum atomic E-state index is 6.17. The highest BCUT2D eigenvalue weighted by Crippen LogP contribution is 2.50. The Morgan fingerprint density at radius 3 is 2.12 bits per heavy atom. The van der Waals surface area contributed by atoms with Gasteiger partial charge in [-0.1, -0.05) is 18.2 Å². The van der Waals surface area contributed by atoms with Crippen LogP contribution >= 0.6 is 0 Å². The van der Waals surface area contributed by atoms with Crippen LogP contribution in [0.4, 0.5) is 0 Å². The van der Waals surface area contributed by atoms with Crippen molar-refractivity contribution < 1.29 is 19.0 Å². The zero-order valence-corrected chi connectivity index (χ0v) is 15.6. The Hall–Kier alpha value is -2.40. The van der Waals surface area contributed by atoms with Crippen LogP contribution in [0.15, 0.2) is 36.4 Å². The Bertz CT molecular complexity index is 767. The second-order valence-corrected chi connectivity index (χ2v) is 6.95. The van der Waals surface area contributed by atoms with Crippen LogP contribution in [0.3, 0.4) is 0 Å². The molecule has 1 aliphatic heterocycles. The smallest absolute Gasteiger partial charge is 0.203 e. The maximum absolute atomic E-state index is 6.17. The van der Waals surface area contributed by atoms with Gasteiger partial charge < -0.3 is 19.0 Å². The van der Waals surface area contributed by atoms with E-state index < -0.39 is 0 Å². The number of nitrogens with zero attached hydrogens (tertiary/aromatic N) is 1. The lowest BCUT2D eigenvalue weighted by Gasteiger charge is -2.35. The summed E-state index contributed by atoms with van der Waals surface area (Å²) in [7, 11) is 4.88. The number of ether oxygens (including phenoxy) is 3. The SMILES string of the molecule is COc1ccc(C2c3ccccc3ON2C(C)(C)C)c(OC)c1OC. The summed E-state index contributed by atoms with van der Waals surface area (Å²) in [5.74, 6) is 2.74. The molecular weight excluding hydrogens is 318 g/mol. The Labute approximate surface area is 149 Å². The molecular formula is C20H25NO4. The lowest BCUT2D eigenvalue weighted by atomic mass is 9.94. The molecule has 0 saturated carbocycles. The van der Waals surface area contributed by atoms with Crippen LogP contribution in [0.5, 0.6) is 23.0 Å². The molecule has 1 heterocycles. The average molecular weight is 343 g/mol. The van der Waals surface area contributed by atoms with E-state index in [9.17, 15) is 0 Å². The molecule has 1 aliphatic rings. The highest BCUT2D eigenvalue weighted by Gasteiger charge is 2.42. The Balaban J connectivity index is 2.22. The van der Waals surface area contributed by atoms with Crippen LogP contribution < -0.4 is 19.0 Å². The summed E-state index contributed by atoms with van der Waals surface area (Å²) in [5.41, 5.74) is 1.87. The molecule has 1 atom stereocenters. The fourth-order valence-electron chi connectivity index (χ4n) is 3.23. The van der Waals surface area contributed by atoms with Crippen LogP contribution in [0, 0.1) is 0 Å². The van der Waals surface area contributed by atoms with E-state index in [2.05, 4.69) is 26.8 Å². The van der Waals surface area contributed by atoms with Gasteiger partial charge >= 0.3 is 0 Å². The van der Waals surface area contributed by atoms with Crippen molar-refractivity contribution >= 4 is 0 Å². The summed E-state index contributed by atoms with van der Waals surface area (Å²) in [6, 6.07) is 11.9. The third kappa shape index (κ3) is 2.89. The first-order valence-electron chi connectivity index (χ1n) is 8.27. The average Bonchev–Trinajstić information content (AvgIpc) is 3.00. The molecule has 0 saturated heterocycles. The van der Waals surface area contributed by atoms with Gasteiger partial charge in [-0.05, 0) is 39.0 Å². The van der Waals surface area contributed by atoms with Crippen LogP contribution in [0.1, 0.15) is 37.9 Å². The molecule has 0 aromatic heterocycles. The normalized spacial score (nSPS) is 17.0. The van der Waals surface area contributed by atoms with E-state index in [0.29, 0.717) is 17.2 Å². The zero-order chi connectivity index (χ0) is 18.2. The molecule has 0 fully saturated rings. The van der Waals surface area contributed by atoms with Gasteiger partial charge in [-0.3, -0.25) is 0 Å². The highest BCUT2D eigenvalue weighted by molar-refractivity contribution is 5.59. The van der Waals surface area contributed by atoms with Crippen molar-refractivity contribution in [2.45, 2.75) is 32.4 Å². The van der Waals surface area contributed by atoms with Crippen molar-refractivity contribution in [2.75, 3.05) is 21.3 Å². The van der Waals surface area contributed by atoms with E-state index in [1.54, 1.807) is 21.3 Å². The molecule has 5 heteroatoms. The van der Waals surface area contributed by atoms with Crippen molar-refractivity contribution in [1.82, 2.24) is 5.06 Å². The quantitative estimate of drug-likeness (QED) is 0.832. The van der Waals surface area contributed by atoms with Gasteiger partial charge in [0, 0.05) is 16.7 Å². The first-order valence-corrected chi connectivity index (χ1v) is 8.27. The Morgan fingerprint density at radius 1 is 0.840 bits per heavy atom. The monoisotopic (exact) mass is 343 g/mol. The van der Waals surface area contributed by atoms with Crippen molar-refractivity contribution in [3.05, 3.63) is 47.5 Å². The second-order valence-electron chi connectivity index (χ2n) is 6.95. The summed E-state index contributed by atoms with van der Waals surface area (Å²) in [5, 5.41) is 2.00. The van der Waals surface area contributed by atoms with Gasteiger partial charge in [0.25, 0.3) is 0 Å². The molecule has 0 aliphatic carbocycles. The number of rotatable bonds is 4. The summed E-state index contributed by atoms with van der Waals surface area (Å²) < 4.78 is 16.7. The summed E-state index contributed by atoms with van der Waals surface area (Å²) in [6.45, 7) is 6.37. The van der Waals surface area contributed by atoms with Gasteiger partial charge in [0.15, 0.2) is 17.2 Å². The number of benzene rings is 2. The van der Waals surface area contributed by atoms with Gasteiger partial charge in [-0.2, -0.15) is 0 Å². The molecule has 134 valence electrons. The number of hydroxylamine groups is 2. The third-order valence-electron chi connectivity index (χ3n) is 4.34. The standard InChI is InChI=1S/C20H25NO4/c1-20(2,3)21-17(13-9-7-8-10-15(13)25-21)14-11-12-16(22-4)19(24-6)18(14)23-5/h7-12,17H,1-6H3. The number of hydrogen-bond acceptors (Lipinski definition) is 5. The number of methoxy groups -OCH3 is 3. The molecule has 0 N–H and O–H groups in total. The van der Waals surface area contributed by atoms with E-state index in [-0.39, 0.29) is 11.6 Å². The minimum Gasteiger partial charge on any atom is -0.493 e. The minimum atomic E-state index is -0.206. The van der Waals surface area contributed by atoms with Crippen molar-refractivity contribution in [3.8, 4) is 23.0 Å². The fraction of sp³-hybridized carbons (Fsp3) is 0.400. The summed E-state index contributed by atoms with van der Waals surface area (Å²) in [6.07, 6.45) is 0. The van der Waals surface area contributed by atoms with Crippen LogP contribution in [0.25, 0.3) is 0 Å². The van der Waals surface area contributed by atoms with Gasteiger partial charge in [-0.15, -0.1) is 5.06 Å². The largest absolute Gasteiger partial charge is 0.493 e. The summed E-state index contributed by atoms with van der Waals surface area (Å²) in [4.78, 5) is 6.17. The number of hydrogen-bond donors (Lipinski definition) is 0. The predicted octanol–water partition coefficient (Wildman–Crippen LogP) is 4.21. The Kier molecular flexibility index (Phi) is 4.52. The van der Waals surface area contributed by atoms with Gasteiger partial charge in [0.05, 0.1) is 21.3 Å². The van der Waals surface area contributed by atoms with Crippen LogP contribution in [-0.2, 0) is 0 Å². The molecule has 0 amide bonds. The molecule has 25 heavy (non-hydrogen) atoms. The van der Waals surface area contributed by atoms with Crippen LogP contribution in [-0.4, -0.2) is 31.9 Å². The first kappa shape index (κ1) is 17.4. The number of para-hydroxylation sites is 1. The van der Waals surface area contributed by atoms with E-state index in [0.717, 1.165) is 16.9 Å². The number of fused-ring (bicyclic) bond motifs is 1. The molecule has 0 bridgehead atoms. The van der Waals surface area contributed by atoms with E-state index in [1.807, 2.05) is 35.4 Å².